The second-order valence-corrected chi connectivity index (χ2v) is 9.43. The van der Waals surface area contributed by atoms with Crippen LogP contribution in [0, 0.1) is 5.92 Å². The lowest BCUT2D eigenvalue weighted by Gasteiger charge is -2.37. The normalized spacial score (nSPS) is 21.3. The van der Waals surface area contributed by atoms with Gasteiger partial charge in [-0.25, -0.2) is 9.97 Å². The van der Waals surface area contributed by atoms with Crippen LogP contribution in [-0.4, -0.2) is 59.0 Å². The minimum atomic E-state index is 0.282. The van der Waals surface area contributed by atoms with Crippen molar-refractivity contribution in [1.82, 2.24) is 9.97 Å². The van der Waals surface area contributed by atoms with Gasteiger partial charge in [0.1, 0.15) is 0 Å². The smallest absolute Gasteiger partial charge is 0.225 e. The lowest BCUT2D eigenvalue weighted by atomic mass is 10.1. The number of rotatable bonds is 5. The Balaban J connectivity index is 1.31. The molecule has 1 N–H and O–H groups in total. The number of aliphatic hydroxyl groups excluding tert-OH is 1. The summed E-state index contributed by atoms with van der Waals surface area (Å²) in [4.78, 5) is 11.9. The molecule has 0 aliphatic carbocycles. The zero-order valence-corrected chi connectivity index (χ0v) is 18.3. The van der Waals surface area contributed by atoms with Crippen LogP contribution in [0.2, 0.25) is 0 Å². The number of hydrogen-bond acceptors (Lipinski definition) is 4. The van der Waals surface area contributed by atoms with Gasteiger partial charge in [-0.1, -0.05) is 36.4 Å². The number of fused-ring (bicyclic) bond motifs is 1. The standard InChI is InChI=1S/C26H33N4O/c31-20-30(15-5-1-2-6-16-30)19-21-12-14-29(18-21)26-27-13-11-25(28-26)24-10-9-22-7-3-4-8-23(22)17-24/h3-4,7-11,13,17,21,31H,1-2,5-6,12,14-16,18-20H2/q+1. The summed E-state index contributed by atoms with van der Waals surface area (Å²) in [7, 11) is 0. The fourth-order valence-electron chi connectivity index (χ4n) is 5.46. The summed E-state index contributed by atoms with van der Waals surface area (Å²) in [6.07, 6.45) is 8.15. The molecule has 2 aliphatic heterocycles. The molecule has 1 aromatic heterocycles. The minimum absolute atomic E-state index is 0.282. The SMILES string of the molecule is OC[N+]1(CC2CCN(c3nccc(-c4ccc5ccccc5c4)n3)C2)CCCCCC1. The first kappa shape index (κ1) is 20.4. The fraction of sp³-hybridized carbons (Fsp3) is 0.462. The van der Waals surface area contributed by atoms with Gasteiger partial charge in [0.25, 0.3) is 0 Å². The highest BCUT2D eigenvalue weighted by atomic mass is 16.3. The van der Waals surface area contributed by atoms with Crippen molar-refractivity contribution < 1.29 is 9.59 Å². The van der Waals surface area contributed by atoms with Gasteiger partial charge in [0.05, 0.1) is 25.3 Å². The molecule has 31 heavy (non-hydrogen) atoms. The molecule has 0 radical (unpaired) electrons. The highest BCUT2D eigenvalue weighted by molar-refractivity contribution is 5.86. The molecule has 1 unspecified atom stereocenters. The second kappa shape index (κ2) is 8.93. The summed E-state index contributed by atoms with van der Waals surface area (Å²) in [5.41, 5.74) is 2.11. The predicted octanol–water partition coefficient (Wildman–Crippen LogP) is 4.46. The molecule has 2 aromatic carbocycles. The molecular formula is C26H33N4O+. The van der Waals surface area contributed by atoms with Crippen LogP contribution in [0.15, 0.2) is 54.7 Å². The first-order valence-electron chi connectivity index (χ1n) is 11.8. The Morgan fingerprint density at radius 3 is 2.58 bits per heavy atom. The third-order valence-electron chi connectivity index (χ3n) is 7.22. The summed E-state index contributed by atoms with van der Waals surface area (Å²) in [5.74, 6) is 1.43. The van der Waals surface area contributed by atoms with E-state index >= 15 is 0 Å². The van der Waals surface area contributed by atoms with Crippen molar-refractivity contribution in [3.8, 4) is 11.3 Å². The van der Waals surface area contributed by atoms with Crippen molar-refractivity contribution in [3.63, 3.8) is 0 Å². The van der Waals surface area contributed by atoms with Crippen LogP contribution in [0.1, 0.15) is 32.1 Å². The molecule has 3 aromatic rings. The van der Waals surface area contributed by atoms with Gasteiger partial charge in [0, 0.05) is 30.8 Å². The topological polar surface area (TPSA) is 49.2 Å². The zero-order chi connectivity index (χ0) is 21.1. The maximum atomic E-state index is 10.2. The molecule has 1 atom stereocenters. The second-order valence-electron chi connectivity index (χ2n) is 9.43. The number of likely N-dealkylation sites (tertiary alicyclic amines) is 1. The number of benzene rings is 2. The van der Waals surface area contributed by atoms with E-state index in [4.69, 9.17) is 4.98 Å². The number of anilines is 1. The Hall–Kier alpha value is -2.50. The van der Waals surface area contributed by atoms with Crippen LogP contribution in [0.3, 0.4) is 0 Å². The number of aliphatic hydroxyl groups is 1. The lowest BCUT2D eigenvalue weighted by Crippen LogP contribution is -2.52. The van der Waals surface area contributed by atoms with Crippen molar-refractivity contribution in [1.29, 1.82) is 0 Å². The molecule has 2 aliphatic rings. The van der Waals surface area contributed by atoms with E-state index in [1.54, 1.807) is 0 Å². The highest BCUT2D eigenvalue weighted by Crippen LogP contribution is 2.28. The molecule has 2 saturated heterocycles. The molecule has 162 valence electrons. The van der Waals surface area contributed by atoms with Crippen LogP contribution in [-0.2, 0) is 0 Å². The third kappa shape index (κ3) is 4.43. The highest BCUT2D eigenvalue weighted by Gasteiger charge is 2.35. The summed E-state index contributed by atoms with van der Waals surface area (Å²) >= 11 is 0. The van der Waals surface area contributed by atoms with Crippen molar-refractivity contribution >= 4 is 16.7 Å². The monoisotopic (exact) mass is 417 g/mol. The van der Waals surface area contributed by atoms with Crippen molar-refractivity contribution in [2.45, 2.75) is 32.1 Å². The Kier molecular flexibility index (Phi) is 5.88. The summed E-state index contributed by atoms with van der Waals surface area (Å²) in [5, 5.41) is 12.7. The number of aromatic nitrogens is 2. The maximum absolute atomic E-state index is 10.2. The van der Waals surface area contributed by atoms with Crippen LogP contribution in [0.5, 0.6) is 0 Å². The van der Waals surface area contributed by atoms with Gasteiger partial charge in [-0.15, -0.1) is 0 Å². The molecule has 0 amide bonds. The zero-order valence-electron chi connectivity index (χ0n) is 18.3. The first-order valence-corrected chi connectivity index (χ1v) is 11.8. The quantitative estimate of drug-likeness (QED) is 0.623. The Bertz CT molecular complexity index is 1030. The van der Waals surface area contributed by atoms with E-state index in [0.29, 0.717) is 5.92 Å². The van der Waals surface area contributed by atoms with Crippen molar-refractivity contribution in [2.75, 3.05) is 44.4 Å². The summed E-state index contributed by atoms with van der Waals surface area (Å²) in [6.45, 7) is 5.60. The van der Waals surface area contributed by atoms with E-state index in [-0.39, 0.29) is 6.73 Å². The molecule has 0 spiro atoms. The summed E-state index contributed by atoms with van der Waals surface area (Å²) < 4.78 is 0.885. The molecule has 3 heterocycles. The van der Waals surface area contributed by atoms with Crippen molar-refractivity contribution in [3.05, 3.63) is 54.7 Å². The van der Waals surface area contributed by atoms with Crippen LogP contribution >= 0.6 is 0 Å². The number of hydrogen-bond donors (Lipinski definition) is 1. The van der Waals surface area contributed by atoms with Crippen molar-refractivity contribution in [2.24, 2.45) is 5.92 Å². The Labute approximate surface area is 185 Å². The molecule has 5 nitrogen and oxygen atoms in total. The molecule has 0 saturated carbocycles. The van der Waals surface area contributed by atoms with E-state index in [1.165, 1.54) is 36.5 Å². The minimum Gasteiger partial charge on any atom is -0.347 e. The first-order chi connectivity index (χ1) is 15.2. The number of nitrogens with zero attached hydrogens (tertiary/aromatic N) is 4. The molecule has 5 heteroatoms. The van der Waals surface area contributed by atoms with Crippen LogP contribution in [0.4, 0.5) is 5.95 Å². The van der Waals surface area contributed by atoms with Gasteiger partial charge >= 0.3 is 0 Å². The van der Waals surface area contributed by atoms with E-state index in [2.05, 4.69) is 52.3 Å². The number of quaternary nitrogens is 1. The van der Waals surface area contributed by atoms with E-state index in [1.807, 2.05) is 12.3 Å². The largest absolute Gasteiger partial charge is 0.347 e. The van der Waals surface area contributed by atoms with Gasteiger partial charge in [-0.05, 0) is 55.0 Å². The van der Waals surface area contributed by atoms with Gasteiger partial charge in [0.15, 0.2) is 6.73 Å². The van der Waals surface area contributed by atoms with Crippen LogP contribution in [0.25, 0.3) is 22.0 Å². The third-order valence-corrected chi connectivity index (χ3v) is 7.22. The fourth-order valence-corrected chi connectivity index (χ4v) is 5.46. The maximum Gasteiger partial charge on any atom is 0.225 e. The van der Waals surface area contributed by atoms with E-state index < -0.39 is 0 Å². The van der Waals surface area contributed by atoms with Crippen LogP contribution < -0.4 is 4.90 Å². The lowest BCUT2D eigenvalue weighted by molar-refractivity contribution is -0.947. The average molecular weight is 418 g/mol. The molecule has 5 rings (SSSR count). The summed E-state index contributed by atoms with van der Waals surface area (Å²) in [6, 6.07) is 17.0. The van der Waals surface area contributed by atoms with Gasteiger partial charge in [-0.2, -0.15) is 0 Å². The average Bonchev–Trinajstić information content (AvgIpc) is 3.16. The van der Waals surface area contributed by atoms with Gasteiger partial charge in [-0.3, -0.25) is 0 Å². The van der Waals surface area contributed by atoms with E-state index in [0.717, 1.165) is 60.8 Å². The van der Waals surface area contributed by atoms with E-state index in [9.17, 15) is 5.11 Å². The Morgan fingerprint density at radius 1 is 0.968 bits per heavy atom. The molecular weight excluding hydrogens is 384 g/mol. The Morgan fingerprint density at radius 2 is 1.77 bits per heavy atom. The van der Waals surface area contributed by atoms with Gasteiger partial charge < -0.3 is 14.5 Å². The molecule has 2 fully saturated rings. The predicted molar refractivity (Wildman–Crippen MR) is 126 cm³/mol. The molecule has 0 bridgehead atoms. The van der Waals surface area contributed by atoms with Gasteiger partial charge in [0.2, 0.25) is 5.95 Å².